The van der Waals surface area contributed by atoms with E-state index in [-0.39, 0.29) is 25.0 Å². The Morgan fingerprint density at radius 2 is 1.80 bits per heavy atom. The van der Waals surface area contributed by atoms with Crippen LogP contribution in [0.5, 0.6) is 0 Å². The highest BCUT2D eigenvalue weighted by Gasteiger charge is 2.26. The molecule has 2 N–H and O–H groups in total. The third kappa shape index (κ3) is 4.78. The van der Waals surface area contributed by atoms with E-state index in [1.54, 1.807) is 0 Å². The van der Waals surface area contributed by atoms with Gasteiger partial charge in [-0.25, -0.2) is 0 Å². The smallest absolute Gasteiger partial charge is 0.305 e. The van der Waals surface area contributed by atoms with Crippen molar-refractivity contribution in [1.82, 2.24) is 0 Å². The predicted molar refractivity (Wildman–Crippen MR) is 51.6 cm³/mol. The van der Waals surface area contributed by atoms with Gasteiger partial charge in [-0.15, -0.1) is 0 Å². The Bertz CT molecular complexity index is 238. The Hall–Kier alpha value is -1.10. The van der Waals surface area contributed by atoms with Crippen molar-refractivity contribution in [1.29, 1.82) is 0 Å². The topological polar surface area (TPSA) is 83.8 Å². The van der Waals surface area contributed by atoms with Gasteiger partial charge in [-0.2, -0.15) is 0 Å². The molecule has 1 aliphatic rings. The zero-order chi connectivity index (χ0) is 11.3. The van der Waals surface area contributed by atoms with E-state index in [0.29, 0.717) is 12.8 Å². The zero-order valence-electron chi connectivity index (χ0n) is 8.52. The molecule has 0 aliphatic carbocycles. The summed E-state index contributed by atoms with van der Waals surface area (Å²) in [5.74, 6) is -1.64. The second kappa shape index (κ2) is 5.70. The lowest BCUT2D eigenvalue weighted by Gasteiger charge is -2.11. The first kappa shape index (κ1) is 12.0. The van der Waals surface area contributed by atoms with Gasteiger partial charge in [-0.1, -0.05) is 0 Å². The first-order valence-electron chi connectivity index (χ1n) is 5.17. The normalized spacial score (nSPS) is 25.3. The van der Waals surface area contributed by atoms with Crippen LogP contribution in [0.1, 0.15) is 38.5 Å². The number of carbonyl (C=O) groups is 2. The van der Waals surface area contributed by atoms with Gasteiger partial charge in [0.2, 0.25) is 0 Å². The van der Waals surface area contributed by atoms with Gasteiger partial charge in [0.15, 0.2) is 0 Å². The average Bonchev–Trinajstić information content (AvgIpc) is 2.50. The Morgan fingerprint density at radius 1 is 1.13 bits per heavy atom. The molecule has 0 amide bonds. The summed E-state index contributed by atoms with van der Waals surface area (Å²) in [5, 5.41) is 17.0. The van der Waals surface area contributed by atoms with E-state index in [1.165, 1.54) is 0 Å². The number of ether oxygens (including phenoxy) is 1. The number of carboxylic acids is 2. The third-order valence-electron chi connectivity index (χ3n) is 2.51. The van der Waals surface area contributed by atoms with Crippen LogP contribution < -0.4 is 0 Å². The Kier molecular flexibility index (Phi) is 4.55. The maximum absolute atomic E-state index is 10.4. The van der Waals surface area contributed by atoms with Crippen LogP contribution in [-0.4, -0.2) is 34.4 Å². The van der Waals surface area contributed by atoms with Crippen molar-refractivity contribution in [2.75, 3.05) is 0 Å². The standard InChI is InChI=1S/C10H16O5/c11-9(12)3-1-2-7-4-5-8(15-7)6-10(13)14/h7-8H,1-6H2,(H,11,12)(H,13,14). The summed E-state index contributed by atoms with van der Waals surface area (Å²) < 4.78 is 5.48. The average molecular weight is 216 g/mol. The predicted octanol–water partition coefficient (Wildman–Crippen LogP) is 1.26. The highest BCUT2D eigenvalue weighted by molar-refractivity contribution is 5.67. The molecular formula is C10H16O5. The van der Waals surface area contributed by atoms with Gasteiger partial charge in [0, 0.05) is 6.42 Å². The van der Waals surface area contributed by atoms with E-state index >= 15 is 0 Å². The summed E-state index contributed by atoms with van der Waals surface area (Å²) in [4.78, 5) is 20.7. The maximum atomic E-state index is 10.4. The number of hydrogen-bond donors (Lipinski definition) is 2. The van der Waals surface area contributed by atoms with Gasteiger partial charge in [-0.3, -0.25) is 9.59 Å². The fraction of sp³-hybridized carbons (Fsp3) is 0.800. The fourth-order valence-corrected chi connectivity index (χ4v) is 1.82. The molecule has 0 aromatic heterocycles. The first-order chi connectivity index (χ1) is 7.08. The first-order valence-corrected chi connectivity index (χ1v) is 5.17. The molecule has 0 bridgehead atoms. The molecule has 2 atom stereocenters. The number of aliphatic carboxylic acids is 2. The van der Waals surface area contributed by atoms with Gasteiger partial charge in [-0.05, 0) is 25.7 Å². The number of rotatable bonds is 6. The summed E-state index contributed by atoms with van der Waals surface area (Å²) in [7, 11) is 0. The molecule has 5 heteroatoms. The van der Waals surface area contributed by atoms with E-state index < -0.39 is 11.9 Å². The van der Waals surface area contributed by atoms with Gasteiger partial charge in [0.05, 0.1) is 18.6 Å². The van der Waals surface area contributed by atoms with Crippen LogP contribution in [0, 0.1) is 0 Å². The van der Waals surface area contributed by atoms with Crippen LogP contribution in [0.2, 0.25) is 0 Å². The summed E-state index contributed by atoms with van der Waals surface area (Å²) in [6.45, 7) is 0. The lowest BCUT2D eigenvalue weighted by atomic mass is 10.1. The van der Waals surface area contributed by atoms with E-state index in [1.807, 2.05) is 0 Å². The second-order valence-corrected chi connectivity index (χ2v) is 3.84. The van der Waals surface area contributed by atoms with Gasteiger partial charge >= 0.3 is 11.9 Å². The summed E-state index contributed by atoms with van der Waals surface area (Å²) in [5.41, 5.74) is 0. The lowest BCUT2D eigenvalue weighted by molar-refractivity contribution is -0.140. The molecule has 1 saturated heterocycles. The largest absolute Gasteiger partial charge is 0.481 e. The summed E-state index contributed by atoms with van der Waals surface area (Å²) in [6.07, 6.45) is 2.99. The molecule has 2 unspecified atom stereocenters. The fourth-order valence-electron chi connectivity index (χ4n) is 1.82. The summed E-state index contributed by atoms with van der Waals surface area (Å²) >= 11 is 0. The molecule has 0 spiro atoms. The minimum absolute atomic E-state index is 0.0497. The van der Waals surface area contributed by atoms with Crippen molar-refractivity contribution in [3.63, 3.8) is 0 Å². The van der Waals surface area contributed by atoms with Crippen LogP contribution in [0.25, 0.3) is 0 Å². The van der Waals surface area contributed by atoms with Crippen LogP contribution in [0.3, 0.4) is 0 Å². The highest BCUT2D eigenvalue weighted by Crippen LogP contribution is 2.25. The highest BCUT2D eigenvalue weighted by atomic mass is 16.5. The van der Waals surface area contributed by atoms with Gasteiger partial charge in [0.1, 0.15) is 0 Å². The van der Waals surface area contributed by atoms with E-state index in [2.05, 4.69) is 0 Å². The lowest BCUT2D eigenvalue weighted by Crippen LogP contribution is -2.15. The van der Waals surface area contributed by atoms with Crippen molar-refractivity contribution < 1.29 is 24.5 Å². The van der Waals surface area contributed by atoms with E-state index in [0.717, 1.165) is 12.8 Å². The van der Waals surface area contributed by atoms with Crippen molar-refractivity contribution in [2.45, 2.75) is 50.7 Å². The van der Waals surface area contributed by atoms with E-state index in [4.69, 9.17) is 14.9 Å². The van der Waals surface area contributed by atoms with Crippen molar-refractivity contribution in [2.24, 2.45) is 0 Å². The zero-order valence-corrected chi connectivity index (χ0v) is 8.52. The number of carboxylic acid groups (broad SMARTS) is 2. The van der Waals surface area contributed by atoms with Gasteiger partial charge < -0.3 is 14.9 Å². The molecule has 0 aromatic carbocycles. The minimum atomic E-state index is -0.841. The monoisotopic (exact) mass is 216 g/mol. The SMILES string of the molecule is O=C(O)CCCC1CCC(CC(=O)O)O1. The molecule has 86 valence electrons. The second-order valence-electron chi connectivity index (χ2n) is 3.84. The van der Waals surface area contributed by atoms with Crippen LogP contribution >= 0.6 is 0 Å². The van der Waals surface area contributed by atoms with Crippen LogP contribution in [0.4, 0.5) is 0 Å². The molecule has 1 aliphatic heterocycles. The molecule has 0 saturated carbocycles. The molecule has 15 heavy (non-hydrogen) atoms. The molecular weight excluding hydrogens is 200 g/mol. The molecule has 0 aromatic rings. The molecule has 1 rings (SSSR count). The van der Waals surface area contributed by atoms with Crippen molar-refractivity contribution in [3.05, 3.63) is 0 Å². The minimum Gasteiger partial charge on any atom is -0.481 e. The van der Waals surface area contributed by atoms with Crippen molar-refractivity contribution >= 4 is 11.9 Å². The van der Waals surface area contributed by atoms with Crippen LogP contribution in [-0.2, 0) is 14.3 Å². The molecule has 5 nitrogen and oxygen atoms in total. The Morgan fingerprint density at radius 3 is 2.40 bits per heavy atom. The molecule has 1 heterocycles. The maximum Gasteiger partial charge on any atom is 0.305 e. The molecule has 1 fully saturated rings. The Balaban J connectivity index is 2.13. The third-order valence-corrected chi connectivity index (χ3v) is 2.51. The van der Waals surface area contributed by atoms with Crippen molar-refractivity contribution in [3.8, 4) is 0 Å². The Labute approximate surface area is 88.0 Å². The molecule has 0 radical (unpaired) electrons. The summed E-state index contributed by atoms with van der Waals surface area (Å²) in [6, 6.07) is 0. The van der Waals surface area contributed by atoms with E-state index in [9.17, 15) is 9.59 Å². The number of hydrogen-bond acceptors (Lipinski definition) is 3. The quantitative estimate of drug-likeness (QED) is 0.698. The van der Waals surface area contributed by atoms with Gasteiger partial charge in [0.25, 0.3) is 0 Å². The van der Waals surface area contributed by atoms with Crippen LogP contribution in [0.15, 0.2) is 0 Å².